The summed E-state index contributed by atoms with van der Waals surface area (Å²) in [7, 11) is 0. The van der Waals surface area contributed by atoms with Gasteiger partial charge < -0.3 is 0 Å². The average molecular weight is 335 g/mol. The van der Waals surface area contributed by atoms with Crippen LogP contribution in [0.3, 0.4) is 0 Å². The number of hydrogen-bond acceptors (Lipinski definition) is 1. The Balaban J connectivity index is 3.93. The highest BCUT2D eigenvalue weighted by atomic mass is 80.0. The second-order valence-electron chi connectivity index (χ2n) is 2.00. The molecule has 0 aliphatic carbocycles. The fourth-order valence-electron chi connectivity index (χ4n) is 0.333. The maximum Gasteiger partial charge on any atom is 0.161 e. The van der Waals surface area contributed by atoms with Crippen molar-refractivity contribution in [2.45, 2.75) is 15.5 Å². The molecule has 0 heterocycles. The zero-order valence-corrected chi connectivity index (χ0v) is 10.2. The van der Waals surface area contributed by atoms with Gasteiger partial charge in [-0.2, -0.15) is 0 Å². The first-order valence-corrected chi connectivity index (χ1v) is 4.96. The number of ketones is 1. The maximum absolute atomic E-state index is 11.0. The van der Waals surface area contributed by atoms with Gasteiger partial charge in [0.15, 0.2) is 5.78 Å². The van der Waals surface area contributed by atoms with E-state index in [1.54, 1.807) is 6.92 Å². The maximum atomic E-state index is 11.0. The molecule has 0 radical (unpaired) electrons. The summed E-state index contributed by atoms with van der Waals surface area (Å²) < 4.78 is -0.469. The molecule has 0 rings (SSSR count). The zero-order valence-electron chi connectivity index (χ0n) is 5.46. The van der Waals surface area contributed by atoms with Crippen molar-refractivity contribution in [3.8, 4) is 0 Å². The highest BCUT2D eigenvalue weighted by molar-refractivity contribution is 9.39. The molecule has 0 saturated heterocycles. The van der Waals surface area contributed by atoms with Crippen LogP contribution in [-0.4, -0.2) is 7.93 Å². The van der Waals surface area contributed by atoms with Crippen LogP contribution in [0.15, 0.2) is 12.2 Å². The lowest BCUT2D eigenvalue weighted by molar-refractivity contribution is -0.115. The van der Waals surface area contributed by atoms with Crippen molar-refractivity contribution in [2.24, 2.45) is 0 Å². The standard InChI is InChI=1S/C6H7Br3O/c1-4(2)5(10)3-6(7,8)9/h1,3H2,2H3. The quantitative estimate of drug-likeness (QED) is 0.559. The van der Waals surface area contributed by atoms with Crippen LogP contribution in [0.25, 0.3) is 0 Å². The molecule has 10 heavy (non-hydrogen) atoms. The van der Waals surface area contributed by atoms with Gasteiger partial charge in [0.1, 0.15) is 2.14 Å². The average Bonchev–Trinajstić information content (AvgIpc) is 1.60. The molecule has 0 amide bonds. The molecule has 4 heteroatoms. The van der Waals surface area contributed by atoms with E-state index < -0.39 is 2.14 Å². The number of carbonyl (C=O) groups is 1. The molecule has 0 saturated carbocycles. The predicted molar refractivity (Wildman–Crippen MR) is 54.0 cm³/mol. The lowest BCUT2D eigenvalue weighted by Gasteiger charge is -2.09. The van der Waals surface area contributed by atoms with Crippen molar-refractivity contribution < 1.29 is 4.79 Å². The first kappa shape index (κ1) is 10.8. The van der Waals surface area contributed by atoms with Gasteiger partial charge in [-0.15, -0.1) is 0 Å². The summed E-state index contributed by atoms with van der Waals surface area (Å²) in [6.07, 6.45) is 0.350. The second-order valence-corrected chi connectivity index (χ2v) is 9.25. The number of allylic oxidation sites excluding steroid dienone is 1. The van der Waals surface area contributed by atoms with Gasteiger partial charge in [-0.3, -0.25) is 4.79 Å². The third-order valence-electron chi connectivity index (χ3n) is 0.837. The van der Waals surface area contributed by atoms with Crippen LogP contribution in [0.4, 0.5) is 0 Å². The number of carbonyl (C=O) groups excluding carboxylic acids is 1. The Labute approximate surface area is 85.6 Å². The van der Waals surface area contributed by atoms with E-state index in [9.17, 15) is 4.79 Å². The summed E-state index contributed by atoms with van der Waals surface area (Å²) in [4.78, 5) is 11.0. The Kier molecular flexibility index (Phi) is 4.36. The van der Waals surface area contributed by atoms with Crippen molar-refractivity contribution in [2.75, 3.05) is 0 Å². The third-order valence-corrected chi connectivity index (χ3v) is 1.68. The van der Waals surface area contributed by atoms with Gasteiger partial charge in [0.2, 0.25) is 0 Å². The fourth-order valence-corrected chi connectivity index (χ4v) is 1.10. The molecular weight excluding hydrogens is 328 g/mol. The number of alkyl halides is 3. The van der Waals surface area contributed by atoms with Crippen LogP contribution >= 0.6 is 47.8 Å². The monoisotopic (exact) mass is 332 g/mol. The lowest BCUT2D eigenvalue weighted by Crippen LogP contribution is -2.09. The Morgan fingerprint density at radius 3 is 2.00 bits per heavy atom. The van der Waals surface area contributed by atoms with Gasteiger partial charge in [-0.05, 0) is 12.5 Å². The van der Waals surface area contributed by atoms with E-state index in [1.807, 2.05) is 0 Å². The first-order chi connectivity index (χ1) is 4.33. The Bertz CT molecular complexity index is 157. The highest BCUT2D eigenvalue weighted by Gasteiger charge is 2.21. The number of Topliss-reactive ketones (excluding diaryl/α,β-unsaturated/α-hetero) is 1. The Hall–Kier alpha value is 0.850. The van der Waals surface area contributed by atoms with Crippen molar-refractivity contribution in [3.63, 3.8) is 0 Å². The van der Waals surface area contributed by atoms with E-state index >= 15 is 0 Å². The fraction of sp³-hybridized carbons (Fsp3) is 0.500. The van der Waals surface area contributed by atoms with E-state index in [2.05, 4.69) is 54.4 Å². The van der Waals surface area contributed by atoms with Gasteiger partial charge in [-0.25, -0.2) is 0 Å². The topological polar surface area (TPSA) is 17.1 Å². The minimum atomic E-state index is -0.469. The second kappa shape index (κ2) is 4.02. The smallest absolute Gasteiger partial charge is 0.161 e. The Morgan fingerprint density at radius 1 is 1.50 bits per heavy atom. The normalized spacial score (nSPS) is 11.2. The highest BCUT2D eigenvalue weighted by Crippen LogP contribution is 2.37. The molecule has 1 nitrogen and oxygen atoms in total. The molecule has 0 N–H and O–H groups in total. The van der Waals surface area contributed by atoms with Crippen molar-refractivity contribution in [1.29, 1.82) is 0 Å². The summed E-state index contributed by atoms with van der Waals surface area (Å²) in [6, 6.07) is 0. The lowest BCUT2D eigenvalue weighted by atomic mass is 10.2. The van der Waals surface area contributed by atoms with E-state index in [0.29, 0.717) is 12.0 Å². The summed E-state index contributed by atoms with van der Waals surface area (Å²) in [5, 5.41) is 0. The van der Waals surface area contributed by atoms with Crippen LogP contribution < -0.4 is 0 Å². The van der Waals surface area contributed by atoms with Gasteiger partial charge in [0.05, 0.1) is 0 Å². The molecule has 0 aliphatic heterocycles. The molecular formula is C6H7Br3O. The molecule has 0 aromatic rings. The van der Waals surface area contributed by atoms with Crippen molar-refractivity contribution >= 4 is 53.6 Å². The van der Waals surface area contributed by atoms with E-state index in [-0.39, 0.29) is 5.78 Å². The summed E-state index contributed by atoms with van der Waals surface area (Å²) in [5.41, 5.74) is 0.572. The van der Waals surface area contributed by atoms with Crippen molar-refractivity contribution in [1.82, 2.24) is 0 Å². The molecule has 58 valence electrons. The van der Waals surface area contributed by atoms with Crippen molar-refractivity contribution in [3.05, 3.63) is 12.2 Å². The molecule has 0 aliphatic rings. The van der Waals surface area contributed by atoms with Crippen LogP contribution in [0.2, 0.25) is 0 Å². The minimum Gasteiger partial charge on any atom is -0.294 e. The van der Waals surface area contributed by atoms with Gasteiger partial charge in [0, 0.05) is 6.42 Å². The molecule has 0 atom stereocenters. The molecule has 0 spiro atoms. The summed E-state index contributed by atoms with van der Waals surface area (Å²) >= 11 is 9.66. The Morgan fingerprint density at radius 2 is 1.90 bits per heavy atom. The number of rotatable bonds is 2. The van der Waals surface area contributed by atoms with Crippen LogP contribution in [0.1, 0.15) is 13.3 Å². The number of halogens is 3. The molecule has 0 fully saturated rings. The van der Waals surface area contributed by atoms with Gasteiger partial charge in [0.25, 0.3) is 0 Å². The van der Waals surface area contributed by atoms with Crippen LogP contribution in [0.5, 0.6) is 0 Å². The van der Waals surface area contributed by atoms with Crippen LogP contribution in [-0.2, 0) is 4.79 Å². The summed E-state index contributed by atoms with van der Waals surface area (Å²) in [6.45, 7) is 5.22. The molecule has 0 aromatic heterocycles. The van der Waals surface area contributed by atoms with Gasteiger partial charge >= 0.3 is 0 Å². The molecule has 0 bridgehead atoms. The molecule has 0 aromatic carbocycles. The first-order valence-electron chi connectivity index (χ1n) is 2.58. The van der Waals surface area contributed by atoms with E-state index in [4.69, 9.17) is 0 Å². The predicted octanol–water partition coefficient (Wildman–Crippen LogP) is 3.36. The largest absolute Gasteiger partial charge is 0.294 e. The SMILES string of the molecule is C=C(C)C(=O)CC(Br)(Br)Br. The van der Waals surface area contributed by atoms with E-state index in [0.717, 1.165) is 0 Å². The minimum absolute atomic E-state index is 0.0330. The molecule has 0 unspecified atom stereocenters. The van der Waals surface area contributed by atoms with Crippen LogP contribution in [0, 0.1) is 0 Å². The zero-order chi connectivity index (χ0) is 8.36. The third kappa shape index (κ3) is 5.62. The van der Waals surface area contributed by atoms with E-state index in [1.165, 1.54) is 0 Å². The summed E-state index contributed by atoms with van der Waals surface area (Å²) in [5.74, 6) is 0.0330. The number of hydrogen-bond donors (Lipinski definition) is 0. The van der Waals surface area contributed by atoms with Gasteiger partial charge in [-0.1, -0.05) is 54.4 Å².